The van der Waals surface area contributed by atoms with Crippen LogP contribution < -0.4 is 5.73 Å². The topological polar surface area (TPSA) is 26.0 Å². The van der Waals surface area contributed by atoms with Crippen molar-refractivity contribution in [2.45, 2.75) is 39.7 Å². The summed E-state index contributed by atoms with van der Waals surface area (Å²) in [6.07, 6.45) is 2.10. The lowest BCUT2D eigenvalue weighted by atomic mass is 9.98. The van der Waals surface area contributed by atoms with Gasteiger partial charge in [-0.3, -0.25) is 0 Å². The molecule has 2 N–H and O–H groups in total. The van der Waals surface area contributed by atoms with Gasteiger partial charge in [0.1, 0.15) is 0 Å². The van der Waals surface area contributed by atoms with Crippen molar-refractivity contribution in [3.8, 4) is 0 Å². The van der Waals surface area contributed by atoms with E-state index in [-0.39, 0.29) is 0 Å². The quantitative estimate of drug-likeness (QED) is 0.778. The van der Waals surface area contributed by atoms with E-state index in [1.807, 2.05) is 0 Å². The van der Waals surface area contributed by atoms with Gasteiger partial charge in [-0.25, -0.2) is 0 Å². The molecule has 14 heavy (non-hydrogen) atoms. The van der Waals surface area contributed by atoms with Crippen molar-refractivity contribution in [3.63, 3.8) is 0 Å². The average Bonchev–Trinajstić information content (AvgIpc) is 2.07. The van der Waals surface area contributed by atoms with Gasteiger partial charge in [0.25, 0.3) is 0 Å². The van der Waals surface area contributed by atoms with E-state index >= 15 is 0 Å². The van der Waals surface area contributed by atoms with Gasteiger partial charge in [0.2, 0.25) is 0 Å². The van der Waals surface area contributed by atoms with Gasteiger partial charge in [-0.1, -0.05) is 43.7 Å². The first-order chi connectivity index (χ1) is 6.58. The first kappa shape index (κ1) is 11.3. The molecule has 0 bridgehead atoms. The van der Waals surface area contributed by atoms with Crippen LogP contribution in [0.25, 0.3) is 0 Å². The van der Waals surface area contributed by atoms with Crippen LogP contribution in [-0.2, 0) is 6.42 Å². The van der Waals surface area contributed by atoms with E-state index in [9.17, 15) is 0 Å². The second kappa shape index (κ2) is 5.16. The van der Waals surface area contributed by atoms with Gasteiger partial charge >= 0.3 is 0 Å². The molecule has 0 amide bonds. The zero-order valence-corrected chi connectivity index (χ0v) is 9.46. The highest BCUT2D eigenvalue weighted by atomic mass is 14.6. The Hall–Kier alpha value is -0.820. The fraction of sp³-hybridized carbons (Fsp3) is 0.538. The fourth-order valence-electron chi connectivity index (χ4n) is 1.72. The maximum absolute atomic E-state index is 6.04. The molecule has 0 fully saturated rings. The summed E-state index contributed by atoms with van der Waals surface area (Å²) in [5.41, 5.74) is 8.71. The number of aryl methyl sites for hydroxylation is 1. The van der Waals surface area contributed by atoms with E-state index in [2.05, 4.69) is 45.0 Å². The lowest BCUT2D eigenvalue weighted by molar-refractivity contribution is 0.493. The highest BCUT2D eigenvalue weighted by Gasteiger charge is 2.05. The van der Waals surface area contributed by atoms with Crippen molar-refractivity contribution in [2.75, 3.05) is 0 Å². The van der Waals surface area contributed by atoms with Crippen molar-refractivity contribution in [3.05, 3.63) is 35.4 Å². The first-order valence-electron chi connectivity index (χ1n) is 5.39. The third-order valence-electron chi connectivity index (χ3n) is 2.39. The fourth-order valence-corrected chi connectivity index (χ4v) is 1.72. The Morgan fingerprint density at radius 1 is 1.14 bits per heavy atom. The van der Waals surface area contributed by atoms with Crippen LogP contribution in [-0.4, -0.2) is 6.04 Å². The van der Waals surface area contributed by atoms with Crippen LogP contribution in [0.1, 0.15) is 31.4 Å². The molecule has 0 saturated carbocycles. The predicted octanol–water partition coefficient (Wildman–Crippen LogP) is 2.91. The van der Waals surface area contributed by atoms with Crippen LogP contribution in [0.15, 0.2) is 24.3 Å². The summed E-state index contributed by atoms with van der Waals surface area (Å²) < 4.78 is 0. The molecule has 1 atom stereocenters. The van der Waals surface area contributed by atoms with Crippen LogP contribution in [0.4, 0.5) is 0 Å². The summed E-state index contributed by atoms with van der Waals surface area (Å²) in [6.45, 7) is 6.54. The summed E-state index contributed by atoms with van der Waals surface area (Å²) in [5, 5.41) is 0. The lowest BCUT2D eigenvalue weighted by Crippen LogP contribution is -2.24. The molecule has 0 spiro atoms. The molecule has 0 aromatic heterocycles. The smallest absolute Gasteiger partial charge is 0.00817 e. The predicted molar refractivity (Wildman–Crippen MR) is 62.3 cm³/mol. The molecule has 0 saturated heterocycles. The van der Waals surface area contributed by atoms with E-state index < -0.39 is 0 Å². The van der Waals surface area contributed by atoms with Crippen LogP contribution in [0.5, 0.6) is 0 Å². The Kier molecular flexibility index (Phi) is 4.15. The van der Waals surface area contributed by atoms with Gasteiger partial charge in [0.05, 0.1) is 0 Å². The van der Waals surface area contributed by atoms with Gasteiger partial charge in [-0.15, -0.1) is 0 Å². The van der Waals surface area contributed by atoms with Crippen LogP contribution in [0, 0.1) is 12.8 Å². The second-order valence-electron chi connectivity index (χ2n) is 4.58. The van der Waals surface area contributed by atoms with Gasteiger partial charge in [0.15, 0.2) is 0 Å². The Morgan fingerprint density at radius 2 is 1.71 bits per heavy atom. The van der Waals surface area contributed by atoms with Crippen molar-refractivity contribution in [2.24, 2.45) is 11.7 Å². The second-order valence-corrected chi connectivity index (χ2v) is 4.58. The zero-order valence-electron chi connectivity index (χ0n) is 9.46. The molecule has 0 aliphatic rings. The van der Waals surface area contributed by atoms with Crippen LogP contribution >= 0.6 is 0 Å². The molecule has 0 aliphatic carbocycles. The Labute approximate surface area is 87.3 Å². The molecule has 1 aromatic carbocycles. The molecule has 1 rings (SSSR count). The third-order valence-corrected chi connectivity index (χ3v) is 2.39. The number of hydrogen-bond acceptors (Lipinski definition) is 1. The minimum atomic E-state index is 0.303. The van der Waals surface area contributed by atoms with E-state index in [0.717, 1.165) is 12.8 Å². The zero-order chi connectivity index (χ0) is 10.6. The highest BCUT2D eigenvalue weighted by molar-refractivity contribution is 5.21. The third kappa shape index (κ3) is 3.93. The van der Waals surface area contributed by atoms with E-state index in [1.54, 1.807) is 0 Å². The highest BCUT2D eigenvalue weighted by Crippen LogP contribution is 2.10. The summed E-state index contributed by atoms with van der Waals surface area (Å²) in [7, 11) is 0. The monoisotopic (exact) mass is 191 g/mol. The number of hydrogen-bond donors (Lipinski definition) is 1. The maximum Gasteiger partial charge on any atom is 0.00817 e. The first-order valence-corrected chi connectivity index (χ1v) is 5.39. The van der Waals surface area contributed by atoms with Gasteiger partial charge < -0.3 is 5.73 Å². The van der Waals surface area contributed by atoms with Gasteiger partial charge in [0, 0.05) is 6.04 Å². The summed E-state index contributed by atoms with van der Waals surface area (Å²) in [6, 6.07) is 8.96. The van der Waals surface area contributed by atoms with Crippen LogP contribution in [0.3, 0.4) is 0 Å². The molecule has 0 heterocycles. The maximum atomic E-state index is 6.04. The normalized spacial score (nSPS) is 13.2. The summed E-state index contributed by atoms with van der Waals surface area (Å²) >= 11 is 0. The van der Waals surface area contributed by atoms with E-state index in [0.29, 0.717) is 12.0 Å². The van der Waals surface area contributed by atoms with E-state index in [4.69, 9.17) is 5.73 Å². The minimum absolute atomic E-state index is 0.303. The lowest BCUT2D eigenvalue weighted by Gasteiger charge is -2.13. The molecule has 1 heteroatoms. The molecular weight excluding hydrogens is 170 g/mol. The van der Waals surface area contributed by atoms with Gasteiger partial charge in [-0.2, -0.15) is 0 Å². The summed E-state index contributed by atoms with van der Waals surface area (Å²) in [5.74, 6) is 0.690. The average molecular weight is 191 g/mol. The van der Waals surface area contributed by atoms with Crippen molar-refractivity contribution in [1.82, 2.24) is 0 Å². The van der Waals surface area contributed by atoms with Crippen LogP contribution in [0.2, 0.25) is 0 Å². The number of nitrogens with two attached hydrogens (primary N) is 1. The molecule has 78 valence electrons. The number of benzene rings is 1. The van der Waals surface area contributed by atoms with Crippen molar-refractivity contribution >= 4 is 0 Å². The molecule has 1 nitrogen and oxygen atoms in total. The summed E-state index contributed by atoms with van der Waals surface area (Å²) in [4.78, 5) is 0. The Balaban J connectivity index is 2.47. The molecular formula is C13H21N. The Bertz CT molecular complexity index is 261. The van der Waals surface area contributed by atoms with Crippen molar-refractivity contribution in [1.29, 1.82) is 0 Å². The largest absolute Gasteiger partial charge is 0.327 e. The molecule has 1 aromatic rings. The molecule has 1 unspecified atom stereocenters. The molecule has 0 aliphatic heterocycles. The minimum Gasteiger partial charge on any atom is -0.327 e. The number of rotatable bonds is 4. The Morgan fingerprint density at radius 3 is 2.21 bits per heavy atom. The standard InChI is InChI=1S/C13H21N/c1-10(2)8-13(14)9-12-6-4-11(3)5-7-12/h4-7,10,13H,8-9,14H2,1-3H3. The van der Waals surface area contributed by atoms with Crippen molar-refractivity contribution < 1.29 is 0 Å². The SMILES string of the molecule is Cc1ccc(CC(N)CC(C)C)cc1. The molecule has 0 radical (unpaired) electrons. The van der Waals surface area contributed by atoms with Gasteiger partial charge in [-0.05, 0) is 31.2 Å². The van der Waals surface area contributed by atoms with E-state index in [1.165, 1.54) is 11.1 Å².